The smallest absolute Gasteiger partial charge is 0.233 e. The Hall–Kier alpha value is -7.90. The molecule has 0 aliphatic carbocycles. The Morgan fingerprint density at radius 2 is 0.471 bits per heavy atom. The summed E-state index contributed by atoms with van der Waals surface area (Å²) < 4.78 is 61.4. The molecule has 0 aliphatic heterocycles. The van der Waals surface area contributed by atoms with Gasteiger partial charge >= 0.3 is 0 Å². The molecule has 0 unspecified atom stereocenters. The van der Waals surface area contributed by atoms with Crippen molar-refractivity contribution in [2.45, 2.75) is 0 Å². The van der Waals surface area contributed by atoms with Crippen LogP contribution in [0.2, 0.25) is 0 Å². The molecule has 70 heavy (non-hydrogen) atoms. The van der Waals surface area contributed by atoms with Crippen LogP contribution in [0.5, 0.6) is 74.7 Å². The van der Waals surface area contributed by atoms with Crippen molar-refractivity contribution in [3.8, 4) is 74.7 Å². The highest BCUT2D eigenvalue weighted by molar-refractivity contribution is 9.10. The molecular formula is C51H42Br2O17. The summed E-state index contributed by atoms with van der Waals surface area (Å²) in [4.78, 5) is 83.0. The predicted molar refractivity (Wildman–Crippen MR) is 259 cm³/mol. The number of halogens is 2. The number of carbonyl (C=O) groups excluding carboxylic acids is 6. The first kappa shape index (κ1) is 51.5. The van der Waals surface area contributed by atoms with Gasteiger partial charge in [0.15, 0.2) is 34.5 Å². The second kappa shape index (κ2) is 22.5. The van der Waals surface area contributed by atoms with Crippen molar-refractivity contribution in [2.75, 3.05) is 64.0 Å². The summed E-state index contributed by atoms with van der Waals surface area (Å²) in [5.74, 6) is -4.30. The first-order chi connectivity index (χ1) is 33.5. The van der Waals surface area contributed by atoms with Crippen LogP contribution in [-0.2, 0) is 0 Å². The van der Waals surface area contributed by atoms with Crippen molar-refractivity contribution in [3.63, 3.8) is 0 Å². The lowest BCUT2D eigenvalue weighted by atomic mass is 10.00. The number of Topliss-reactive ketones (excluding diaryl/α,β-unsaturated/α-hetero) is 6. The maximum atomic E-state index is 14.2. The fourth-order valence-corrected chi connectivity index (χ4v) is 7.97. The van der Waals surface area contributed by atoms with Crippen molar-refractivity contribution in [1.82, 2.24) is 0 Å². The van der Waals surface area contributed by atoms with Crippen molar-refractivity contribution < 1.29 is 80.9 Å². The second-order valence-corrected chi connectivity index (χ2v) is 16.3. The van der Waals surface area contributed by atoms with E-state index in [2.05, 4.69) is 31.9 Å². The Balaban J connectivity index is 1.40. The maximum absolute atomic E-state index is 14.2. The van der Waals surface area contributed by atoms with Crippen LogP contribution in [0.15, 0.2) is 99.9 Å². The van der Waals surface area contributed by atoms with E-state index in [1.54, 1.807) is 0 Å². The van der Waals surface area contributed by atoms with Crippen LogP contribution in [0.3, 0.4) is 0 Å². The molecule has 0 saturated carbocycles. The van der Waals surface area contributed by atoms with Crippen LogP contribution >= 0.6 is 31.9 Å². The van der Waals surface area contributed by atoms with Gasteiger partial charge in [0, 0.05) is 48.4 Å². The van der Waals surface area contributed by atoms with Crippen molar-refractivity contribution in [2.24, 2.45) is 0 Å². The average molecular weight is 1090 g/mol. The minimum Gasteiger partial charge on any atom is -0.493 e. The summed E-state index contributed by atoms with van der Waals surface area (Å²) in [6.07, 6.45) is 0. The molecule has 17 nitrogen and oxygen atoms in total. The fourth-order valence-electron chi connectivity index (χ4n) is 7.02. The van der Waals surface area contributed by atoms with Gasteiger partial charge in [-0.3, -0.25) is 28.8 Å². The van der Waals surface area contributed by atoms with Gasteiger partial charge in [-0.1, -0.05) is 31.9 Å². The van der Waals surface area contributed by atoms with Gasteiger partial charge in [-0.2, -0.15) is 0 Å². The van der Waals surface area contributed by atoms with Crippen LogP contribution in [0, 0.1) is 0 Å². The molecule has 0 spiro atoms. The second-order valence-electron chi connectivity index (χ2n) is 14.5. The highest BCUT2D eigenvalue weighted by Gasteiger charge is 2.28. The zero-order chi connectivity index (χ0) is 51.0. The van der Waals surface area contributed by atoms with Crippen LogP contribution in [0.25, 0.3) is 0 Å². The molecule has 362 valence electrons. The van der Waals surface area contributed by atoms with Gasteiger partial charge in [0.05, 0.1) is 64.0 Å². The molecule has 0 atom stereocenters. The summed E-state index contributed by atoms with van der Waals surface area (Å²) >= 11 is 6.77. The molecule has 0 N–H and O–H groups in total. The number of benzene rings is 6. The zero-order valence-electron chi connectivity index (χ0n) is 38.9. The number of methoxy groups -OCH3 is 9. The van der Waals surface area contributed by atoms with Gasteiger partial charge in [-0.25, -0.2) is 0 Å². The normalized spacial score (nSPS) is 10.6. The molecule has 6 aromatic rings. The Labute approximate surface area is 417 Å². The summed E-state index contributed by atoms with van der Waals surface area (Å²) in [6, 6.07) is 20.3. The third-order valence-electron chi connectivity index (χ3n) is 10.3. The molecule has 0 radical (unpaired) electrons. The van der Waals surface area contributed by atoms with Crippen LogP contribution < -0.4 is 52.1 Å². The van der Waals surface area contributed by atoms with Crippen molar-refractivity contribution >= 4 is 66.6 Å². The first-order valence-electron chi connectivity index (χ1n) is 20.3. The first-order valence-corrected chi connectivity index (χ1v) is 21.9. The van der Waals surface area contributed by atoms with Gasteiger partial charge in [0.2, 0.25) is 51.9 Å². The fraction of sp³-hybridized carbons (Fsp3) is 0.176. The van der Waals surface area contributed by atoms with E-state index < -0.39 is 34.7 Å². The van der Waals surface area contributed by atoms with Gasteiger partial charge in [-0.15, -0.1) is 0 Å². The number of carbonyl (C=O) groups is 6. The van der Waals surface area contributed by atoms with E-state index in [1.165, 1.54) is 155 Å². The van der Waals surface area contributed by atoms with Gasteiger partial charge in [0.25, 0.3) is 0 Å². The molecule has 0 aromatic heterocycles. The Morgan fingerprint density at radius 3 is 0.686 bits per heavy atom. The van der Waals surface area contributed by atoms with Gasteiger partial charge in [0.1, 0.15) is 23.0 Å². The maximum Gasteiger partial charge on any atom is 0.233 e. The zero-order valence-corrected chi connectivity index (χ0v) is 42.0. The lowest BCUT2D eigenvalue weighted by Crippen LogP contribution is -2.16. The average Bonchev–Trinajstić information content (AvgIpc) is 3.37. The molecule has 0 heterocycles. The molecular weight excluding hydrogens is 1040 g/mol. The molecule has 0 aliphatic rings. The molecule has 0 saturated heterocycles. The molecule has 0 fully saturated rings. The highest BCUT2D eigenvalue weighted by Crippen LogP contribution is 2.42. The highest BCUT2D eigenvalue weighted by atomic mass is 79.9. The third kappa shape index (κ3) is 11.0. The van der Waals surface area contributed by atoms with E-state index >= 15 is 0 Å². The van der Waals surface area contributed by atoms with Crippen molar-refractivity contribution in [3.05, 3.63) is 133 Å². The predicted octanol–water partition coefficient (Wildman–Crippen LogP) is 10.1. The summed E-state index contributed by atoms with van der Waals surface area (Å²) in [5, 5.41) is 0. The van der Waals surface area contributed by atoms with E-state index in [9.17, 15) is 28.8 Å². The van der Waals surface area contributed by atoms with E-state index in [4.69, 9.17) is 52.1 Å². The minimum absolute atomic E-state index is 0.0163. The third-order valence-corrected chi connectivity index (χ3v) is 11.2. The van der Waals surface area contributed by atoms with E-state index in [0.717, 1.165) is 0 Å². The SMILES string of the molecule is COc1cc(C(=O)C(=O)c2cc(Br)cc(Oc3cc(Oc4cc(Br)cc(C(=O)C(=O)c5cc(OC)c(OC)c(OC)c5)c4)cc(C(=O)C(=O)c4cc(OC)c(OC)c(OC)c4)c3)c2)cc(OC)c1OC. The van der Waals surface area contributed by atoms with Crippen molar-refractivity contribution in [1.29, 1.82) is 0 Å². The standard InChI is InChI=1S/C51H42Br2O17/c1-60-37-16-28(17-38(61-2)49(37)66-7)46(57)43(54)25-10-31(52)22-33(12-25)69-35-14-27(45(56)48(59)30-20-41(64-5)51(68-9)42(21-30)65-6)15-36(24-35)70-34-13-26(11-32(53)23-34)44(55)47(58)29-18-39(62-3)50(67-8)40(19-29)63-4/h10-24H,1-9H3. The van der Waals surface area contributed by atoms with Crippen LogP contribution in [-0.4, -0.2) is 98.7 Å². The Kier molecular flexibility index (Phi) is 16.5. The number of ether oxygens (including phenoxy) is 11. The molecule has 19 heteroatoms. The number of ketones is 6. The lowest BCUT2D eigenvalue weighted by Gasteiger charge is -2.15. The number of hydrogen-bond acceptors (Lipinski definition) is 17. The summed E-state index contributed by atoms with van der Waals surface area (Å²) in [7, 11) is 12.4. The van der Waals surface area contributed by atoms with E-state index in [1.807, 2.05) is 0 Å². The van der Waals surface area contributed by atoms with Gasteiger partial charge < -0.3 is 52.1 Å². The topological polar surface area (TPSA) is 204 Å². The molecule has 0 amide bonds. The largest absolute Gasteiger partial charge is 0.493 e. The summed E-state index contributed by atoms with van der Waals surface area (Å²) in [5.41, 5.74) is -0.593. The number of hydrogen-bond donors (Lipinski definition) is 0. The summed E-state index contributed by atoms with van der Waals surface area (Å²) in [6.45, 7) is 0. The molecule has 6 rings (SSSR count). The van der Waals surface area contributed by atoms with Crippen LogP contribution in [0.1, 0.15) is 62.1 Å². The molecule has 0 bridgehead atoms. The van der Waals surface area contributed by atoms with E-state index in [-0.39, 0.29) is 108 Å². The van der Waals surface area contributed by atoms with Gasteiger partial charge in [-0.05, 0) is 84.9 Å². The van der Waals surface area contributed by atoms with E-state index in [0.29, 0.717) is 8.95 Å². The minimum atomic E-state index is -1.02. The Morgan fingerprint density at radius 1 is 0.271 bits per heavy atom. The molecule has 6 aromatic carbocycles. The quantitative estimate of drug-likeness (QED) is 0.0458. The van der Waals surface area contributed by atoms with Crippen LogP contribution in [0.4, 0.5) is 0 Å². The lowest BCUT2D eigenvalue weighted by molar-refractivity contribution is 0.0816. The monoisotopic (exact) mass is 1080 g/mol. The Bertz CT molecular complexity index is 2840. The number of rotatable bonds is 22.